The Morgan fingerprint density at radius 3 is 2.48 bits per heavy atom. The van der Waals surface area contributed by atoms with Crippen molar-refractivity contribution < 1.29 is 9.32 Å². The van der Waals surface area contributed by atoms with Crippen LogP contribution in [0.2, 0.25) is 0 Å². The lowest BCUT2D eigenvalue weighted by molar-refractivity contribution is 0.0993. The molecule has 0 N–H and O–H groups in total. The second-order valence-electron chi connectivity index (χ2n) is 5.42. The third-order valence-electron chi connectivity index (χ3n) is 3.62. The zero-order valence-corrected chi connectivity index (χ0v) is 13.3. The molecule has 0 radical (unpaired) electrons. The summed E-state index contributed by atoms with van der Waals surface area (Å²) in [4.78, 5) is 18.5. The SMILES string of the molecule is Cc1ccc(N(C)C(=O)c2cccc(-c3noc(C)n3)c2)cc1. The van der Waals surface area contributed by atoms with E-state index in [1.165, 1.54) is 0 Å². The van der Waals surface area contributed by atoms with E-state index in [1.54, 1.807) is 31.0 Å². The summed E-state index contributed by atoms with van der Waals surface area (Å²) in [6, 6.07) is 15.1. The van der Waals surface area contributed by atoms with Crippen molar-refractivity contribution in [3.05, 3.63) is 65.5 Å². The van der Waals surface area contributed by atoms with Crippen LogP contribution in [0.4, 0.5) is 5.69 Å². The van der Waals surface area contributed by atoms with Crippen molar-refractivity contribution in [3.63, 3.8) is 0 Å². The lowest BCUT2D eigenvalue weighted by Gasteiger charge is -2.17. The van der Waals surface area contributed by atoms with Gasteiger partial charge in [0.2, 0.25) is 11.7 Å². The van der Waals surface area contributed by atoms with Crippen molar-refractivity contribution in [1.29, 1.82) is 0 Å². The molecule has 0 aliphatic heterocycles. The fourth-order valence-corrected chi connectivity index (χ4v) is 2.29. The predicted molar refractivity (Wildman–Crippen MR) is 88.4 cm³/mol. The number of anilines is 1. The highest BCUT2D eigenvalue weighted by Crippen LogP contribution is 2.20. The first-order valence-electron chi connectivity index (χ1n) is 7.30. The lowest BCUT2D eigenvalue weighted by atomic mass is 10.1. The van der Waals surface area contributed by atoms with E-state index >= 15 is 0 Å². The molecule has 0 saturated heterocycles. The molecule has 0 atom stereocenters. The summed E-state index contributed by atoms with van der Waals surface area (Å²) in [5.41, 5.74) is 3.34. The van der Waals surface area contributed by atoms with Crippen LogP contribution in [0.1, 0.15) is 21.8 Å². The van der Waals surface area contributed by atoms with Crippen LogP contribution in [0.15, 0.2) is 53.1 Å². The lowest BCUT2D eigenvalue weighted by Crippen LogP contribution is -2.26. The van der Waals surface area contributed by atoms with E-state index in [2.05, 4.69) is 10.1 Å². The average Bonchev–Trinajstić information content (AvgIpc) is 3.01. The van der Waals surface area contributed by atoms with Gasteiger partial charge in [-0.2, -0.15) is 4.98 Å². The van der Waals surface area contributed by atoms with Crippen molar-refractivity contribution in [2.24, 2.45) is 0 Å². The molecule has 0 spiro atoms. The minimum atomic E-state index is -0.0871. The molecule has 1 aromatic heterocycles. The molecular weight excluding hydrogens is 290 g/mol. The normalized spacial score (nSPS) is 10.6. The minimum absolute atomic E-state index is 0.0871. The number of aryl methyl sites for hydroxylation is 2. The van der Waals surface area contributed by atoms with Gasteiger partial charge in [-0.25, -0.2) is 0 Å². The van der Waals surface area contributed by atoms with Gasteiger partial charge in [0.1, 0.15) is 0 Å². The first kappa shape index (κ1) is 15.0. The molecular formula is C18H17N3O2. The number of carbonyl (C=O) groups is 1. The highest BCUT2D eigenvalue weighted by molar-refractivity contribution is 6.06. The van der Waals surface area contributed by atoms with Crippen molar-refractivity contribution >= 4 is 11.6 Å². The molecule has 5 nitrogen and oxygen atoms in total. The van der Waals surface area contributed by atoms with E-state index in [9.17, 15) is 4.79 Å². The van der Waals surface area contributed by atoms with Crippen molar-refractivity contribution in [1.82, 2.24) is 10.1 Å². The Morgan fingerprint density at radius 2 is 1.83 bits per heavy atom. The first-order valence-corrected chi connectivity index (χ1v) is 7.30. The Labute approximate surface area is 134 Å². The third-order valence-corrected chi connectivity index (χ3v) is 3.62. The number of rotatable bonds is 3. The maximum absolute atomic E-state index is 12.7. The summed E-state index contributed by atoms with van der Waals surface area (Å²) in [5, 5.41) is 3.89. The van der Waals surface area contributed by atoms with Crippen LogP contribution in [-0.4, -0.2) is 23.1 Å². The van der Waals surface area contributed by atoms with Crippen molar-refractivity contribution in [2.75, 3.05) is 11.9 Å². The maximum Gasteiger partial charge on any atom is 0.258 e. The highest BCUT2D eigenvalue weighted by Gasteiger charge is 2.15. The molecule has 23 heavy (non-hydrogen) atoms. The minimum Gasteiger partial charge on any atom is -0.339 e. The molecule has 0 aliphatic rings. The molecule has 2 aromatic carbocycles. The number of aromatic nitrogens is 2. The van der Waals surface area contributed by atoms with E-state index in [0.717, 1.165) is 16.8 Å². The van der Waals surface area contributed by atoms with Crippen LogP contribution in [0, 0.1) is 13.8 Å². The Hall–Kier alpha value is -2.95. The van der Waals surface area contributed by atoms with Gasteiger partial charge in [0.15, 0.2) is 0 Å². The standard InChI is InChI=1S/C18H17N3O2/c1-12-7-9-16(10-8-12)21(3)18(22)15-6-4-5-14(11-15)17-19-13(2)23-20-17/h4-11H,1-3H3. The largest absolute Gasteiger partial charge is 0.339 e. The molecule has 3 rings (SSSR count). The van der Waals surface area contributed by atoms with Gasteiger partial charge in [-0.3, -0.25) is 4.79 Å². The fourth-order valence-electron chi connectivity index (χ4n) is 2.29. The fraction of sp³-hybridized carbons (Fsp3) is 0.167. The van der Waals surface area contributed by atoms with Crippen LogP contribution < -0.4 is 4.90 Å². The van der Waals surface area contributed by atoms with E-state index in [0.29, 0.717) is 17.3 Å². The zero-order valence-electron chi connectivity index (χ0n) is 13.3. The van der Waals surface area contributed by atoms with Gasteiger partial charge < -0.3 is 9.42 Å². The van der Waals surface area contributed by atoms with Crippen LogP contribution in [0.25, 0.3) is 11.4 Å². The maximum atomic E-state index is 12.7. The van der Waals surface area contributed by atoms with Gasteiger partial charge in [0.05, 0.1) is 0 Å². The Balaban J connectivity index is 1.89. The van der Waals surface area contributed by atoms with Gasteiger partial charge >= 0.3 is 0 Å². The van der Waals surface area contributed by atoms with E-state index in [-0.39, 0.29) is 5.91 Å². The van der Waals surface area contributed by atoms with Crippen LogP contribution >= 0.6 is 0 Å². The van der Waals surface area contributed by atoms with Crippen LogP contribution in [0.3, 0.4) is 0 Å². The number of nitrogens with zero attached hydrogens (tertiary/aromatic N) is 3. The second kappa shape index (κ2) is 6.04. The van der Waals surface area contributed by atoms with Crippen molar-refractivity contribution in [3.8, 4) is 11.4 Å². The number of benzene rings is 2. The van der Waals surface area contributed by atoms with E-state index in [1.807, 2.05) is 43.3 Å². The summed E-state index contributed by atoms with van der Waals surface area (Å²) in [6.45, 7) is 3.75. The number of amides is 1. The number of hydrogen-bond acceptors (Lipinski definition) is 4. The molecule has 0 unspecified atom stereocenters. The molecule has 116 valence electrons. The Bertz CT molecular complexity index is 837. The first-order chi connectivity index (χ1) is 11.0. The summed E-state index contributed by atoms with van der Waals surface area (Å²) < 4.78 is 4.99. The topological polar surface area (TPSA) is 59.2 Å². The van der Waals surface area contributed by atoms with E-state index in [4.69, 9.17) is 4.52 Å². The summed E-state index contributed by atoms with van der Waals surface area (Å²) in [7, 11) is 1.76. The molecule has 1 heterocycles. The zero-order chi connectivity index (χ0) is 16.4. The summed E-state index contributed by atoms with van der Waals surface area (Å²) in [6.07, 6.45) is 0. The van der Waals surface area contributed by atoms with Gasteiger partial charge in [0, 0.05) is 30.8 Å². The molecule has 0 aliphatic carbocycles. The molecule has 0 saturated carbocycles. The molecule has 1 amide bonds. The molecule has 5 heteroatoms. The summed E-state index contributed by atoms with van der Waals surface area (Å²) in [5.74, 6) is 0.888. The monoisotopic (exact) mass is 307 g/mol. The highest BCUT2D eigenvalue weighted by atomic mass is 16.5. The second-order valence-corrected chi connectivity index (χ2v) is 5.42. The quantitative estimate of drug-likeness (QED) is 0.741. The van der Waals surface area contributed by atoms with Crippen LogP contribution in [0.5, 0.6) is 0 Å². The molecule has 0 fully saturated rings. The Morgan fingerprint density at radius 1 is 1.09 bits per heavy atom. The van der Waals surface area contributed by atoms with Gasteiger partial charge in [-0.15, -0.1) is 0 Å². The van der Waals surface area contributed by atoms with Crippen LogP contribution in [-0.2, 0) is 0 Å². The van der Waals surface area contributed by atoms with Gasteiger partial charge in [-0.1, -0.05) is 35.0 Å². The summed E-state index contributed by atoms with van der Waals surface area (Å²) >= 11 is 0. The molecule has 3 aromatic rings. The predicted octanol–water partition coefficient (Wildman–Crippen LogP) is 3.63. The van der Waals surface area contributed by atoms with Gasteiger partial charge in [-0.05, 0) is 31.2 Å². The third kappa shape index (κ3) is 3.13. The Kier molecular flexibility index (Phi) is 3.93. The average molecular weight is 307 g/mol. The van der Waals surface area contributed by atoms with Crippen molar-refractivity contribution in [2.45, 2.75) is 13.8 Å². The number of hydrogen-bond donors (Lipinski definition) is 0. The number of carbonyl (C=O) groups excluding carboxylic acids is 1. The molecule has 0 bridgehead atoms. The van der Waals surface area contributed by atoms with E-state index < -0.39 is 0 Å². The van der Waals surface area contributed by atoms with Gasteiger partial charge in [0.25, 0.3) is 5.91 Å². The smallest absolute Gasteiger partial charge is 0.258 e.